The number of aromatic nitrogens is 1. The molecular weight excluding hydrogens is 371 g/mol. The Bertz CT molecular complexity index is 627. The van der Waals surface area contributed by atoms with Crippen LogP contribution in [0.4, 0.5) is 18.0 Å². The molecule has 2 heterocycles. The summed E-state index contributed by atoms with van der Waals surface area (Å²) in [5.74, 6) is 0.521. The second-order valence-corrected chi connectivity index (χ2v) is 6.64. The van der Waals surface area contributed by atoms with Gasteiger partial charge in [0.1, 0.15) is 5.01 Å². The summed E-state index contributed by atoms with van der Waals surface area (Å²) in [5.41, 5.74) is -0.888. The minimum atomic E-state index is -4.44. The Balaban J connectivity index is 1.91. The Hall–Kier alpha value is -2.04. The number of guanidine groups is 1. The number of alkyl halides is 3. The molecule has 146 valence electrons. The van der Waals surface area contributed by atoms with Crippen molar-refractivity contribution in [3.63, 3.8) is 0 Å². The van der Waals surface area contributed by atoms with E-state index in [9.17, 15) is 18.0 Å². The van der Waals surface area contributed by atoms with Crippen molar-refractivity contribution in [1.82, 2.24) is 20.5 Å². The Morgan fingerprint density at radius 3 is 2.69 bits per heavy atom. The molecule has 1 aromatic rings. The molecule has 0 unspecified atom stereocenters. The number of rotatable bonds is 4. The minimum absolute atomic E-state index is 0.0666. The number of piperidine rings is 1. The van der Waals surface area contributed by atoms with Crippen LogP contribution in [0.2, 0.25) is 0 Å². The molecule has 0 bridgehead atoms. The van der Waals surface area contributed by atoms with E-state index < -0.39 is 11.9 Å². The van der Waals surface area contributed by atoms with Crippen molar-refractivity contribution < 1.29 is 22.7 Å². The van der Waals surface area contributed by atoms with E-state index in [0.717, 1.165) is 29.6 Å². The van der Waals surface area contributed by atoms with Gasteiger partial charge in [-0.3, -0.25) is 0 Å². The molecule has 1 aliphatic heterocycles. The number of hydrogen-bond acceptors (Lipinski definition) is 5. The fraction of sp³-hybridized carbons (Fsp3) is 0.667. The van der Waals surface area contributed by atoms with Crippen molar-refractivity contribution in [2.24, 2.45) is 4.99 Å². The van der Waals surface area contributed by atoms with E-state index in [2.05, 4.69) is 20.6 Å². The lowest BCUT2D eigenvalue weighted by Gasteiger charge is -2.32. The number of methoxy groups -OCH3 is 1. The van der Waals surface area contributed by atoms with Gasteiger partial charge in [0.25, 0.3) is 0 Å². The maximum Gasteiger partial charge on any atom is 0.434 e. The zero-order valence-corrected chi connectivity index (χ0v) is 15.4. The lowest BCUT2D eigenvalue weighted by Crippen LogP contribution is -2.49. The molecule has 11 heteroatoms. The van der Waals surface area contributed by atoms with E-state index >= 15 is 0 Å². The highest BCUT2D eigenvalue weighted by molar-refractivity contribution is 7.09. The molecule has 1 aliphatic rings. The van der Waals surface area contributed by atoms with Gasteiger partial charge >= 0.3 is 12.3 Å². The highest BCUT2D eigenvalue weighted by Crippen LogP contribution is 2.30. The van der Waals surface area contributed by atoms with Gasteiger partial charge in [-0.05, 0) is 19.8 Å². The first-order valence-corrected chi connectivity index (χ1v) is 9.10. The quantitative estimate of drug-likeness (QED) is 0.607. The number of carbonyl (C=O) groups excluding carboxylic acids is 1. The fourth-order valence-electron chi connectivity index (χ4n) is 2.51. The average Bonchev–Trinajstić information content (AvgIpc) is 3.09. The van der Waals surface area contributed by atoms with Gasteiger partial charge in [-0.1, -0.05) is 0 Å². The van der Waals surface area contributed by atoms with E-state index in [4.69, 9.17) is 4.74 Å². The third-order valence-electron chi connectivity index (χ3n) is 3.83. The van der Waals surface area contributed by atoms with Crippen molar-refractivity contribution in [3.8, 4) is 0 Å². The van der Waals surface area contributed by atoms with Crippen LogP contribution >= 0.6 is 11.3 Å². The molecule has 1 saturated heterocycles. The first kappa shape index (κ1) is 20.3. The molecule has 7 nitrogen and oxygen atoms in total. The number of ether oxygens (including phenoxy) is 1. The van der Waals surface area contributed by atoms with Crippen molar-refractivity contribution in [2.75, 3.05) is 26.7 Å². The third-order valence-corrected chi connectivity index (χ3v) is 4.66. The fourth-order valence-corrected chi connectivity index (χ4v) is 3.23. The van der Waals surface area contributed by atoms with Gasteiger partial charge in [0, 0.05) is 31.1 Å². The predicted octanol–water partition coefficient (Wildman–Crippen LogP) is 2.45. The monoisotopic (exact) mass is 393 g/mol. The SMILES string of the molecule is CCNC(=NCc1nc(C(F)(F)F)cs1)NC1CCN(C(=O)OC)CC1. The second-order valence-electron chi connectivity index (χ2n) is 5.70. The highest BCUT2D eigenvalue weighted by atomic mass is 32.1. The van der Waals surface area contributed by atoms with E-state index in [1.165, 1.54) is 7.11 Å². The summed E-state index contributed by atoms with van der Waals surface area (Å²) in [6.07, 6.45) is -3.31. The number of nitrogens with one attached hydrogen (secondary N) is 2. The van der Waals surface area contributed by atoms with Crippen LogP contribution in [-0.2, 0) is 17.5 Å². The van der Waals surface area contributed by atoms with Crippen molar-refractivity contribution in [2.45, 2.75) is 38.5 Å². The zero-order chi connectivity index (χ0) is 19.2. The molecule has 0 atom stereocenters. The molecule has 0 spiro atoms. The Morgan fingerprint density at radius 2 is 2.15 bits per heavy atom. The standard InChI is InChI=1S/C15H22F3N5O2S/c1-3-19-13(20-8-12-22-11(9-26-12)15(16,17)18)21-10-4-6-23(7-5-10)14(24)25-2/h9-10H,3-8H2,1-2H3,(H2,19,20,21). The van der Waals surface area contributed by atoms with Gasteiger partial charge in [-0.15, -0.1) is 11.3 Å². The van der Waals surface area contributed by atoms with Gasteiger partial charge in [0.2, 0.25) is 0 Å². The number of thiazole rings is 1. The van der Waals surface area contributed by atoms with Crippen molar-refractivity contribution in [3.05, 3.63) is 16.1 Å². The first-order valence-electron chi connectivity index (χ1n) is 8.22. The Labute approximate surface area is 153 Å². The number of hydrogen-bond donors (Lipinski definition) is 2. The van der Waals surface area contributed by atoms with E-state index in [1.54, 1.807) is 4.90 Å². The van der Waals surface area contributed by atoms with E-state index in [0.29, 0.717) is 30.6 Å². The molecule has 1 amide bonds. The maximum absolute atomic E-state index is 12.6. The van der Waals surface area contributed by atoms with Crippen LogP contribution < -0.4 is 10.6 Å². The molecule has 26 heavy (non-hydrogen) atoms. The third kappa shape index (κ3) is 5.75. The zero-order valence-electron chi connectivity index (χ0n) is 14.6. The molecule has 0 saturated carbocycles. The molecule has 2 N–H and O–H groups in total. The van der Waals surface area contributed by atoms with Crippen molar-refractivity contribution in [1.29, 1.82) is 0 Å². The average molecular weight is 393 g/mol. The van der Waals surface area contributed by atoms with Crippen molar-refractivity contribution >= 4 is 23.4 Å². The highest BCUT2D eigenvalue weighted by Gasteiger charge is 2.33. The largest absolute Gasteiger partial charge is 0.453 e. The molecular formula is C15H22F3N5O2S. The normalized spacial score (nSPS) is 16.5. The topological polar surface area (TPSA) is 78.9 Å². The van der Waals surface area contributed by atoms with Crippen LogP contribution in [0.5, 0.6) is 0 Å². The predicted molar refractivity (Wildman–Crippen MR) is 92.1 cm³/mol. The summed E-state index contributed by atoms with van der Waals surface area (Å²) in [5, 5.41) is 7.62. The number of nitrogens with zero attached hydrogens (tertiary/aromatic N) is 3. The first-order chi connectivity index (χ1) is 12.3. The van der Waals surface area contributed by atoms with Gasteiger partial charge < -0.3 is 20.3 Å². The summed E-state index contributed by atoms with van der Waals surface area (Å²) < 4.78 is 42.5. The van der Waals surface area contributed by atoms with Crippen LogP contribution in [0.1, 0.15) is 30.5 Å². The summed E-state index contributed by atoms with van der Waals surface area (Å²) in [6.45, 7) is 3.74. The van der Waals surface area contributed by atoms with Gasteiger partial charge in [-0.2, -0.15) is 13.2 Å². The second kappa shape index (κ2) is 9.06. The summed E-state index contributed by atoms with van der Waals surface area (Å²) in [6, 6.07) is 0.121. The van der Waals surface area contributed by atoms with Gasteiger partial charge in [0.15, 0.2) is 11.7 Å². The van der Waals surface area contributed by atoms with E-state index in [-0.39, 0.29) is 18.7 Å². The molecule has 2 rings (SSSR count). The smallest absolute Gasteiger partial charge is 0.434 e. The van der Waals surface area contributed by atoms with Gasteiger partial charge in [0.05, 0.1) is 13.7 Å². The summed E-state index contributed by atoms with van der Waals surface area (Å²) in [7, 11) is 1.35. The lowest BCUT2D eigenvalue weighted by molar-refractivity contribution is -0.140. The molecule has 0 aliphatic carbocycles. The summed E-state index contributed by atoms with van der Waals surface area (Å²) >= 11 is 0.937. The van der Waals surface area contributed by atoms with Crippen LogP contribution in [-0.4, -0.2) is 54.7 Å². The number of likely N-dealkylation sites (tertiary alicyclic amines) is 1. The Kier molecular flexibility index (Phi) is 7.06. The molecule has 1 aromatic heterocycles. The number of aliphatic imine (C=N–C) groups is 1. The van der Waals surface area contributed by atoms with Crippen LogP contribution in [0.25, 0.3) is 0 Å². The summed E-state index contributed by atoms with van der Waals surface area (Å²) in [4.78, 5) is 21.0. The number of halogens is 3. The molecule has 0 radical (unpaired) electrons. The van der Waals surface area contributed by atoms with Gasteiger partial charge in [-0.25, -0.2) is 14.8 Å². The minimum Gasteiger partial charge on any atom is -0.453 e. The lowest BCUT2D eigenvalue weighted by atomic mass is 10.1. The van der Waals surface area contributed by atoms with E-state index in [1.807, 2.05) is 6.92 Å². The molecule has 0 aromatic carbocycles. The van der Waals surface area contributed by atoms with Crippen LogP contribution in [0.3, 0.4) is 0 Å². The Morgan fingerprint density at radius 1 is 1.46 bits per heavy atom. The van der Waals surface area contributed by atoms with Crippen LogP contribution in [0, 0.1) is 0 Å². The molecule has 1 fully saturated rings. The number of carbonyl (C=O) groups is 1. The number of amides is 1. The maximum atomic E-state index is 12.6. The van der Waals surface area contributed by atoms with Crippen LogP contribution in [0.15, 0.2) is 10.4 Å².